The van der Waals surface area contributed by atoms with Gasteiger partial charge in [-0.3, -0.25) is 0 Å². The van der Waals surface area contributed by atoms with Gasteiger partial charge in [-0.2, -0.15) is 0 Å². The van der Waals surface area contributed by atoms with Crippen LogP contribution in [0.3, 0.4) is 0 Å². The summed E-state index contributed by atoms with van der Waals surface area (Å²) in [6, 6.07) is 8.19. The molecule has 3 nitrogen and oxygen atoms in total. The lowest BCUT2D eigenvalue weighted by molar-refractivity contribution is 0.791. The Kier molecular flexibility index (Phi) is 3.73. The highest BCUT2D eigenvalue weighted by Gasteiger charge is 2.51. The largest absolute Gasteiger partial charge is 0.305 e. The van der Waals surface area contributed by atoms with E-state index < -0.39 is 4.33 Å². The van der Waals surface area contributed by atoms with Crippen LogP contribution < -0.4 is 0 Å². The summed E-state index contributed by atoms with van der Waals surface area (Å²) in [7, 11) is 1.99. The molecule has 3 rings (SSSR count). The van der Waals surface area contributed by atoms with Crippen molar-refractivity contribution in [1.29, 1.82) is 0 Å². The Balaban J connectivity index is 1.77. The Morgan fingerprint density at radius 1 is 1.35 bits per heavy atom. The molecule has 1 atom stereocenters. The summed E-state index contributed by atoms with van der Waals surface area (Å²) in [5.41, 5.74) is 2.31. The molecule has 1 aromatic carbocycles. The minimum Gasteiger partial charge on any atom is -0.305 e. The number of hydrogen-bond acceptors (Lipinski definition) is 3. The predicted octanol–water partition coefficient (Wildman–Crippen LogP) is 4.08. The number of rotatable bonds is 4. The fourth-order valence-electron chi connectivity index (χ4n) is 2.12. The van der Waals surface area contributed by atoms with Crippen LogP contribution in [0.1, 0.15) is 12.0 Å². The quantitative estimate of drug-likeness (QED) is 0.626. The summed E-state index contributed by atoms with van der Waals surface area (Å²) in [6.45, 7) is 2.08. The third-order valence-corrected chi connectivity index (χ3v) is 5.70. The average molecular weight is 328 g/mol. The predicted molar refractivity (Wildman–Crippen MR) is 84.4 cm³/mol. The standard InChI is InChI=1S/C14H15Cl2N3S/c1-9-5-3-4-6-11(9)12-17-18-13(19(12)2)20-8-10-7-14(10,15)16/h3-6,10H,7-8H2,1-2H3/t10-/m1/s1. The minimum atomic E-state index is -0.523. The Morgan fingerprint density at radius 2 is 2.05 bits per heavy atom. The molecule has 0 aliphatic heterocycles. The number of halogens is 2. The summed E-state index contributed by atoms with van der Waals surface area (Å²) < 4.78 is 1.50. The molecule has 20 heavy (non-hydrogen) atoms. The molecule has 0 spiro atoms. The van der Waals surface area contributed by atoms with Crippen molar-refractivity contribution in [1.82, 2.24) is 14.8 Å². The van der Waals surface area contributed by atoms with Crippen LogP contribution in [-0.2, 0) is 7.05 Å². The van der Waals surface area contributed by atoms with Crippen molar-refractivity contribution >= 4 is 35.0 Å². The molecule has 0 amide bonds. The normalized spacial score (nSPS) is 20.1. The summed E-state index contributed by atoms with van der Waals surface area (Å²) in [6.07, 6.45) is 0.867. The molecule has 0 unspecified atom stereocenters. The molecule has 0 saturated heterocycles. The van der Waals surface area contributed by atoms with E-state index in [1.165, 1.54) is 5.56 Å². The number of benzene rings is 1. The van der Waals surface area contributed by atoms with Gasteiger partial charge < -0.3 is 4.57 Å². The van der Waals surface area contributed by atoms with E-state index in [9.17, 15) is 0 Å². The maximum atomic E-state index is 6.04. The molecule has 1 heterocycles. The lowest BCUT2D eigenvalue weighted by atomic mass is 10.1. The second-order valence-electron chi connectivity index (χ2n) is 5.15. The van der Waals surface area contributed by atoms with Crippen LogP contribution in [0.25, 0.3) is 11.4 Å². The summed E-state index contributed by atoms with van der Waals surface area (Å²) in [5.74, 6) is 2.13. The molecule has 2 aromatic rings. The monoisotopic (exact) mass is 327 g/mol. The Bertz CT molecular complexity index is 639. The fraction of sp³-hybridized carbons (Fsp3) is 0.429. The van der Waals surface area contributed by atoms with Crippen molar-refractivity contribution in [3.63, 3.8) is 0 Å². The first kappa shape index (κ1) is 14.2. The molecular weight excluding hydrogens is 313 g/mol. The van der Waals surface area contributed by atoms with Gasteiger partial charge in [-0.15, -0.1) is 33.4 Å². The number of aromatic nitrogens is 3. The zero-order chi connectivity index (χ0) is 14.3. The van der Waals surface area contributed by atoms with Crippen molar-refractivity contribution in [3.8, 4) is 11.4 Å². The summed E-state index contributed by atoms with van der Waals surface area (Å²) in [5, 5.41) is 9.48. The van der Waals surface area contributed by atoms with E-state index in [0.29, 0.717) is 5.92 Å². The van der Waals surface area contributed by atoms with Crippen LogP contribution in [-0.4, -0.2) is 24.9 Å². The highest BCUT2D eigenvalue weighted by atomic mass is 35.5. The van der Waals surface area contributed by atoms with Gasteiger partial charge in [-0.1, -0.05) is 36.0 Å². The molecule has 1 aromatic heterocycles. The van der Waals surface area contributed by atoms with Gasteiger partial charge in [-0.25, -0.2) is 0 Å². The van der Waals surface area contributed by atoms with Crippen molar-refractivity contribution < 1.29 is 0 Å². The van der Waals surface area contributed by atoms with Gasteiger partial charge >= 0.3 is 0 Å². The van der Waals surface area contributed by atoms with Crippen LogP contribution in [0.4, 0.5) is 0 Å². The topological polar surface area (TPSA) is 30.7 Å². The molecule has 1 aliphatic carbocycles. The van der Waals surface area contributed by atoms with Crippen LogP contribution in [0.15, 0.2) is 29.4 Å². The Hall–Kier alpha value is -0.710. The third-order valence-electron chi connectivity index (χ3n) is 3.59. The average Bonchev–Trinajstić information content (AvgIpc) is 2.85. The first-order chi connectivity index (χ1) is 9.49. The van der Waals surface area contributed by atoms with Gasteiger partial charge in [0.05, 0.1) is 0 Å². The second-order valence-corrected chi connectivity index (χ2v) is 7.68. The molecule has 1 fully saturated rings. The zero-order valence-electron chi connectivity index (χ0n) is 11.3. The molecule has 6 heteroatoms. The molecule has 0 radical (unpaired) electrons. The number of thioether (sulfide) groups is 1. The van der Waals surface area contributed by atoms with Crippen LogP contribution in [0.5, 0.6) is 0 Å². The van der Waals surface area contributed by atoms with E-state index in [1.807, 2.05) is 23.7 Å². The van der Waals surface area contributed by atoms with Crippen LogP contribution >= 0.6 is 35.0 Å². The van der Waals surface area contributed by atoms with Gasteiger partial charge in [0.2, 0.25) is 0 Å². The molecule has 0 N–H and O–H groups in total. The molecule has 0 bridgehead atoms. The van der Waals surface area contributed by atoms with E-state index in [0.717, 1.165) is 28.7 Å². The van der Waals surface area contributed by atoms with Crippen molar-refractivity contribution in [2.45, 2.75) is 22.8 Å². The SMILES string of the molecule is Cc1ccccc1-c1nnc(SC[C@H]2CC2(Cl)Cl)n1C. The first-order valence-corrected chi connectivity index (χ1v) is 8.19. The maximum absolute atomic E-state index is 6.04. The molecule has 106 valence electrons. The van der Waals surface area contributed by atoms with E-state index >= 15 is 0 Å². The van der Waals surface area contributed by atoms with Crippen molar-refractivity contribution in [2.75, 3.05) is 5.75 Å². The van der Waals surface area contributed by atoms with Gasteiger partial charge in [0.15, 0.2) is 11.0 Å². The number of nitrogens with zero attached hydrogens (tertiary/aromatic N) is 3. The lowest BCUT2D eigenvalue weighted by Gasteiger charge is -2.06. The fourth-order valence-corrected chi connectivity index (χ4v) is 3.97. The first-order valence-electron chi connectivity index (χ1n) is 6.45. The number of hydrogen-bond donors (Lipinski definition) is 0. The molecule has 1 saturated carbocycles. The van der Waals surface area contributed by atoms with E-state index in [1.54, 1.807) is 11.8 Å². The van der Waals surface area contributed by atoms with Gasteiger partial charge in [0.25, 0.3) is 0 Å². The van der Waals surface area contributed by atoms with Gasteiger partial charge in [-0.05, 0) is 18.9 Å². The minimum absolute atomic E-state index is 0.356. The lowest BCUT2D eigenvalue weighted by Crippen LogP contribution is -1.98. The van der Waals surface area contributed by atoms with Crippen LogP contribution in [0, 0.1) is 12.8 Å². The zero-order valence-corrected chi connectivity index (χ0v) is 13.6. The van der Waals surface area contributed by atoms with Gasteiger partial charge in [0, 0.05) is 24.3 Å². The molecule has 1 aliphatic rings. The van der Waals surface area contributed by atoms with E-state index in [2.05, 4.69) is 29.3 Å². The third kappa shape index (κ3) is 2.69. The van der Waals surface area contributed by atoms with Crippen molar-refractivity contribution in [3.05, 3.63) is 29.8 Å². The highest BCUT2D eigenvalue weighted by Crippen LogP contribution is 2.54. The van der Waals surface area contributed by atoms with Crippen molar-refractivity contribution in [2.24, 2.45) is 13.0 Å². The maximum Gasteiger partial charge on any atom is 0.191 e. The van der Waals surface area contributed by atoms with Gasteiger partial charge in [0.1, 0.15) is 4.33 Å². The Labute approximate surface area is 132 Å². The second kappa shape index (κ2) is 5.24. The van der Waals surface area contributed by atoms with E-state index in [-0.39, 0.29) is 0 Å². The number of aryl methyl sites for hydroxylation is 1. The Morgan fingerprint density at radius 3 is 2.70 bits per heavy atom. The number of alkyl halides is 2. The van der Waals surface area contributed by atoms with E-state index in [4.69, 9.17) is 23.2 Å². The smallest absolute Gasteiger partial charge is 0.191 e. The summed E-state index contributed by atoms with van der Waals surface area (Å²) >= 11 is 13.8. The highest BCUT2D eigenvalue weighted by molar-refractivity contribution is 7.99. The molecular formula is C14H15Cl2N3S. The summed E-state index contributed by atoms with van der Waals surface area (Å²) in [4.78, 5) is 0. The van der Waals surface area contributed by atoms with Crippen LogP contribution in [0.2, 0.25) is 0 Å².